The number of sulfone groups is 1. The molecule has 0 aliphatic carbocycles. The molecule has 3 atom stereocenters. The predicted molar refractivity (Wildman–Crippen MR) is 78.0 cm³/mol. The molecule has 1 amide bonds. The molecule has 1 heterocycles. The molecule has 1 aliphatic rings. The zero-order chi connectivity index (χ0) is 15.2. The van der Waals surface area contributed by atoms with Crippen molar-refractivity contribution >= 4 is 24.1 Å². The average molecular weight is 307 g/mol. The molecule has 0 radical (unpaired) electrons. The van der Waals surface area contributed by atoms with Crippen molar-refractivity contribution in [1.29, 1.82) is 0 Å². The number of β-lactam (4-membered cyclic amide) rings is 1. The van der Waals surface area contributed by atoms with Gasteiger partial charge in [-0.2, -0.15) is 0 Å². The average Bonchev–Trinajstić information content (AvgIpc) is 2.08. The van der Waals surface area contributed by atoms with Gasteiger partial charge in [0.25, 0.3) is 0 Å². The van der Waals surface area contributed by atoms with Crippen LogP contribution in [0, 0.1) is 5.92 Å². The van der Waals surface area contributed by atoms with Crippen LogP contribution in [0.4, 0.5) is 0 Å². The summed E-state index contributed by atoms with van der Waals surface area (Å²) in [6.45, 7) is 12.3. The highest BCUT2D eigenvalue weighted by molar-refractivity contribution is 7.91. The fraction of sp³-hybridized carbons (Fsp3) is 0.917. The summed E-state index contributed by atoms with van der Waals surface area (Å²) in [5.41, 5.74) is 0. The largest absolute Gasteiger partial charge is 0.413 e. The molecule has 1 rings (SSSR count). The minimum atomic E-state index is -3.28. The summed E-state index contributed by atoms with van der Waals surface area (Å²) >= 11 is 0. The molecule has 0 spiro atoms. The van der Waals surface area contributed by atoms with Gasteiger partial charge >= 0.3 is 0 Å². The third-order valence-corrected chi connectivity index (χ3v) is 10.1. The smallest absolute Gasteiger partial charge is 0.229 e. The highest BCUT2D eigenvalue weighted by atomic mass is 32.2. The maximum atomic E-state index is 11.6. The molecule has 0 aromatic rings. The van der Waals surface area contributed by atoms with Gasteiger partial charge in [-0.25, -0.2) is 8.42 Å². The molecule has 112 valence electrons. The van der Waals surface area contributed by atoms with Crippen molar-refractivity contribution in [2.45, 2.75) is 57.3 Å². The van der Waals surface area contributed by atoms with Gasteiger partial charge in [0.2, 0.25) is 5.91 Å². The summed E-state index contributed by atoms with van der Waals surface area (Å²) in [6.07, 6.45) is 0.762. The molecular weight excluding hydrogens is 282 g/mol. The van der Waals surface area contributed by atoms with Gasteiger partial charge in [0.05, 0.1) is 12.0 Å². The molecular formula is C12H25NO4SSi. The summed E-state index contributed by atoms with van der Waals surface area (Å²) in [6, 6.07) is 0. The van der Waals surface area contributed by atoms with E-state index in [1.165, 1.54) is 0 Å². The standard InChI is InChI=1S/C12H25NO4SSi/c1-8(17-19(6,7)12(2,3)4)9-10(14)13-11(9)18(5,15)16/h8-9,11H,1-7H3,(H,13,14)/t8?,9-,11-/m1/s1. The van der Waals surface area contributed by atoms with Crippen LogP contribution in [0.5, 0.6) is 0 Å². The van der Waals surface area contributed by atoms with E-state index in [9.17, 15) is 13.2 Å². The number of carbonyl (C=O) groups is 1. The molecule has 1 aliphatic heterocycles. The fourth-order valence-electron chi connectivity index (χ4n) is 1.91. The third-order valence-electron chi connectivity index (χ3n) is 4.17. The first kappa shape index (κ1) is 16.7. The maximum absolute atomic E-state index is 11.6. The minimum Gasteiger partial charge on any atom is -0.413 e. The second-order valence-electron chi connectivity index (χ2n) is 6.87. The molecule has 1 unspecified atom stereocenters. The van der Waals surface area contributed by atoms with Crippen molar-refractivity contribution in [3.8, 4) is 0 Å². The zero-order valence-corrected chi connectivity index (χ0v) is 14.6. The van der Waals surface area contributed by atoms with E-state index >= 15 is 0 Å². The van der Waals surface area contributed by atoms with Crippen LogP contribution in [0.25, 0.3) is 0 Å². The molecule has 19 heavy (non-hydrogen) atoms. The maximum Gasteiger partial charge on any atom is 0.229 e. The van der Waals surface area contributed by atoms with E-state index in [4.69, 9.17) is 4.43 Å². The summed E-state index contributed by atoms with van der Waals surface area (Å²) in [7, 11) is -5.29. The highest BCUT2D eigenvalue weighted by Crippen LogP contribution is 2.39. The van der Waals surface area contributed by atoms with E-state index in [1.54, 1.807) is 6.92 Å². The number of hydrogen-bond donors (Lipinski definition) is 1. The lowest BCUT2D eigenvalue weighted by atomic mass is 9.96. The Labute approximate surface area is 117 Å². The van der Waals surface area contributed by atoms with Crippen LogP contribution in [0.15, 0.2) is 0 Å². The van der Waals surface area contributed by atoms with Crippen LogP contribution in [0.3, 0.4) is 0 Å². The Morgan fingerprint density at radius 2 is 1.79 bits per heavy atom. The molecule has 1 fully saturated rings. The summed E-state index contributed by atoms with van der Waals surface area (Å²) in [5, 5.41) is 1.67. The van der Waals surface area contributed by atoms with Gasteiger partial charge in [0, 0.05) is 6.26 Å². The van der Waals surface area contributed by atoms with Crippen molar-refractivity contribution in [3.63, 3.8) is 0 Å². The number of carbonyl (C=O) groups excluding carboxylic acids is 1. The monoisotopic (exact) mass is 307 g/mol. The lowest BCUT2D eigenvalue weighted by molar-refractivity contribution is -0.136. The first-order valence-electron chi connectivity index (χ1n) is 6.44. The summed E-state index contributed by atoms with van der Waals surface area (Å²) < 4.78 is 29.3. The molecule has 1 saturated heterocycles. The Morgan fingerprint density at radius 3 is 2.11 bits per heavy atom. The van der Waals surface area contributed by atoms with E-state index in [1.807, 2.05) is 0 Å². The summed E-state index contributed by atoms with van der Waals surface area (Å²) in [4.78, 5) is 11.6. The minimum absolute atomic E-state index is 0.0298. The van der Waals surface area contributed by atoms with Crippen LogP contribution < -0.4 is 5.32 Å². The first-order valence-corrected chi connectivity index (χ1v) is 11.3. The second kappa shape index (κ2) is 4.86. The third kappa shape index (κ3) is 3.38. The SMILES string of the molecule is CC(O[Si](C)(C)C(C)(C)C)[C@@H]1C(=O)N[C@@H]1S(C)(=O)=O. The molecule has 5 nitrogen and oxygen atoms in total. The van der Waals surface area contributed by atoms with Gasteiger partial charge in [-0.15, -0.1) is 0 Å². The van der Waals surface area contributed by atoms with Gasteiger partial charge < -0.3 is 9.74 Å². The Bertz CT molecular complexity index is 467. The fourth-order valence-corrected chi connectivity index (χ4v) is 4.55. The van der Waals surface area contributed by atoms with Crippen molar-refractivity contribution in [3.05, 3.63) is 0 Å². The topological polar surface area (TPSA) is 72.5 Å². The molecule has 0 aromatic heterocycles. The van der Waals surface area contributed by atoms with E-state index in [0.717, 1.165) is 6.26 Å². The van der Waals surface area contributed by atoms with Crippen LogP contribution in [0.1, 0.15) is 27.7 Å². The zero-order valence-electron chi connectivity index (χ0n) is 12.8. The Morgan fingerprint density at radius 1 is 1.32 bits per heavy atom. The molecule has 7 heteroatoms. The van der Waals surface area contributed by atoms with Gasteiger partial charge in [-0.05, 0) is 25.1 Å². The molecule has 1 N–H and O–H groups in total. The van der Waals surface area contributed by atoms with Crippen molar-refractivity contribution in [2.75, 3.05) is 6.26 Å². The van der Waals surface area contributed by atoms with Crippen molar-refractivity contribution in [1.82, 2.24) is 5.32 Å². The first-order chi connectivity index (χ1) is 8.27. The van der Waals surface area contributed by atoms with Crippen molar-refractivity contribution < 1.29 is 17.6 Å². The lowest BCUT2D eigenvalue weighted by Gasteiger charge is -2.44. The molecule has 0 aromatic carbocycles. The van der Waals surface area contributed by atoms with E-state index < -0.39 is 29.4 Å². The van der Waals surface area contributed by atoms with E-state index in [2.05, 4.69) is 39.2 Å². The lowest BCUT2D eigenvalue weighted by Crippen LogP contribution is -2.66. The van der Waals surface area contributed by atoms with E-state index in [0.29, 0.717) is 0 Å². The molecule has 0 bridgehead atoms. The summed E-state index contributed by atoms with van der Waals surface area (Å²) in [5.74, 6) is -0.828. The second-order valence-corrected chi connectivity index (χ2v) is 13.8. The normalized spacial score (nSPS) is 26.6. The Kier molecular flexibility index (Phi) is 4.25. The molecule has 0 saturated carbocycles. The van der Waals surface area contributed by atoms with Crippen LogP contribution in [-0.4, -0.2) is 40.4 Å². The van der Waals surface area contributed by atoms with Crippen LogP contribution >= 0.6 is 0 Å². The number of rotatable bonds is 4. The van der Waals surface area contributed by atoms with Crippen LogP contribution in [-0.2, 0) is 19.1 Å². The Balaban J connectivity index is 2.84. The van der Waals surface area contributed by atoms with Gasteiger partial charge in [-0.3, -0.25) is 4.79 Å². The van der Waals surface area contributed by atoms with Crippen molar-refractivity contribution in [2.24, 2.45) is 5.92 Å². The van der Waals surface area contributed by atoms with Gasteiger partial charge in [0.1, 0.15) is 5.37 Å². The Hall–Kier alpha value is -0.403. The van der Waals surface area contributed by atoms with Gasteiger partial charge in [-0.1, -0.05) is 20.8 Å². The highest BCUT2D eigenvalue weighted by Gasteiger charge is 2.51. The number of nitrogens with one attached hydrogen (secondary N) is 1. The quantitative estimate of drug-likeness (QED) is 0.631. The number of amides is 1. The van der Waals surface area contributed by atoms with Crippen LogP contribution in [0.2, 0.25) is 18.1 Å². The predicted octanol–water partition coefficient (Wildman–Crippen LogP) is 1.51. The number of hydrogen-bond acceptors (Lipinski definition) is 4. The van der Waals surface area contributed by atoms with E-state index in [-0.39, 0.29) is 17.0 Å². The van der Waals surface area contributed by atoms with Gasteiger partial charge in [0.15, 0.2) is 18.2 Å².